The molecule has 1 N–H and O–H groups in total. The Hall–Kier alpha value is -0.980. The van der Waals surface area contributed by atoms with Crippen LogP contribution in [0, 0.1) is 12.8 Å². The third-order valence-electron chi connectivity index (χ3n) is 2.90. The summed E-state index contributed by atoms with van der Waals surface area (Å²) in [7, 11) is 0. The molecule has 0 bridgehead atoms. The number of aromatic hydroxyl groups is 1. The zero-order valence-corrected chi connectivity index (χ0v) is 11.4. The Morgan fingerprint density at radius 2 is 1.75 bits per heavy atom. The van der Waals surface area contributed by atoms with Crippen LogP contribution in [-0.2, 0) is 11.8 Å². The lowest BCUT2D eigenvalue weighted by atomic mass is 9.79. The fourth-order valence-corrected chi connectivity index (χ4v) is 2.41. The Bertz CT molecular complexity index is 370. The molecule has 0 spiro atoms. The van der Waals surface area contributed by atoms with Gasteiger partial charge in [-0.25, -0.2) is 0 Å². The molecule has 1 heteroatoms. The van der Waals surface area contributed by atoms with Gasteiger partial charge in [-0.15, -0.1) is 0 Å². The zero-order chi connectivity index (χ0) is 12.5. The normalized spacial score (nSPS) is 12.2. The van der Waals surface area contributed by atoms with Crippen LogP contribution in [0.1, 0.15) is 51.3 Å². The van der Waals surface area contributed by atoms with Crippen molar-refractivity contribution >= 4 is 0 Å². The molecule has 0 saturated heterocycles. The molecule has 16 heavy (non-hydrogen) atoms. The number of rotatable bonds is 2. The van der Waals surface area contributed by atoms with Crippen molar-refractivity contribution in [3.63, 3.8) is 0 Å². The fraction of sp³-hybridized carbons (Fsp3) is 0.600. The van der Waals surface area contributed by atoms with E-state index in [1.807, 2.05) is 13.0 Å². The average molecular weight is 220 g/mol. The van der Waals surface area contributed by atoms with Gasteiger partial charge < -0.3 is 5.11 Å². The quantitative estimate of drug-likeness (QED) is 0.792. The molecule has 0 aliphatic carbocycles. The number of benzene rings is 1. The van der Waals surface area contributed by atoms with Crippen LogP contribution in [0.15, 0.2) is 12.1 Å². The van der Waals surface area contributed by atoms with Crippen LogP contribution in [0.3, 0.4) is 0 Å². The van der Waals surface area contributed by atoms with Crippen LogP contribution in [0.25, 0.3) is 0 Å². The molecule has 0 aliphatic heterocycles. The van der Waals surface area contributed by atoms with E-state index in [-0.39, 0.29) is 5.41 Å². The van der Waals surface area contributed by atoms with Crippen molar-refractivity contribution in [1.82, 2.24) is 0 Å². The summed E-state index contributed by atoms with van der Waals surface area (Å²) in [6.45, 7) is 13.1. The Kier molecular flexibility index (Phi) is 3.67. The molecular formula is C15H24O. The molecule has 1 aromatic rings. The van der Waals surface area contributed by atoms with Crippen molar-refractivity contribution in [2.75, 3.05) is 0 Å². The Morgan fingerprint density at radius 1 is 1.19 bits per heavy atom. The van der Waals surface area contributed by atoms with Crippen molar-refractivity contribution in [2.24, 2.45) is 5.92 Å². The van der Waals surface area contributed by atoms with Crippen LogP contribution < -0.4 is 0 Å². The topological polar surface area (TPSA) is 20.2 Å². The molecule has 0 fully saturated rings. The second-order valence-corrected chi connectivity index (χ2v) is 6.09. The van der Waals surface area contributed by atoms with Crippen LogP contribution in [0.2, 0.25) is 0 Å². The summed E-state index contributed by atoms with van der Waals surface area (Å²) in [6, 6.07) is 3.89. The van der Waals surface area contributed by atoms with Gasteiger partial charge in [-0.3, -0.25) is 0 Å². The van der Waals surface area contributed by atoms with Crippen LogP contribution in [-0.4, -0.2) is 5.11 Å². The van der Waals surface area contributed by atoms with E-state index >= 15 is 0 Å². The Labute approximate surface area is 99.5 Å². The molecule has 0 radical (unpaired) electrons. The monoisotopic (exact) mass is 220 g/mol. The zero-order valence-electron chi connectivity index (χ0n) is 11.4. The first-order valence-corrected chi connectivity index (χ1v) is 6.05. The highest BCUT2D eigenvalue weighted by Crippen LogP contribution is 2.34. The third-order valence-corrected chi connectivity index (χ3v) is 2.90. The minimum atomic E-state index is 0.0903. The molecular weight excluding hydrogens is 196 g/mol. The summed E-state index contributed by atoms with van der Waals surface area (Å²) in [5.74, 6) is 1.06. The molecule has 0 aliphatic rings. The van der Waals surface area contributed by atoms with Gasteiger partial charge in [0, 0.05) is 0 Å². The summed E-state index contributed by atoms with van der Waals surface area (Å²) >= 11 is 0. The van der Waals surface area contributed by atoms with Crippen molar-refractivity contribution in [3.8, 4) is 5.75 Å². The van der Waals surface area contributed by atoms with Crippen molar-refractivity contribution in [3.05, 3.63) is 28.8 Å². The van der Waals surface area contributed by atoms with E-state index in [1.165, 1.54) is 11.1 Å². The number of hydrogen-bond acceptors (Lipinski definition) is 1. The summed E-state index contributed by atoms with van der Waals surface area (Å²) in [4.78, 5) is 0. The van der Waals surface area contributed by atoms with Crippen molar-refractivity contribution < 1.29 is 5.11 Å². The molecule has 90 valence electrons. The number of phenolic OH excluding ortho intramolecular Hbond substituents is 1. The highest BCUT2D eigenvalue weighted by Gasteiger charge is 2.22. The minimum absolute atomic E-state index is 0.0903. The van der Waals surface area contributed by atoms with E-state index in [0.717, 1.165) is 12.0 Å². The summed E-state index contributed by atoms with van der Waals surface area (Å²) in [5.41, 5.74) is 3.80. The maximum Gasteiger partial charge on any atom is 0.118 e. The second-order valence-electron chi connectivity index (χ2n) is 6.09. The van der Waals surface area contributed by atoms with E-state index in [2.05, 4.69) is 40.7 Å². The number of hydrogen-bond donors (Lipinski definition) is 1. The lowest BCUT2D eigenvalue weighted by molar-refractivity contribution is 0.463. The first-order chi connectivity index (χ1) is 7.23. The first kappa shape index (κ1) is 13.1. The molecule has 1 aromatic carbocycles. The standard InChI is InChI=1S/C15H24O/c1-10(2)9-12-7-8-13(16)11(3)14(12)15(4,5)6/h7-8,10,16H,9H2,1-6H3. The summed E-state index contributed by atoms with van der Waals surface area (Å²) in [5, 5.41) is 9.82. The van der Waals surface area contributed by atoms with Gasteiger partial charge >= 0.3 is 0 Å². The van der Waals surface area contributed by atoms with Crippen molar-refractivity contribution in [2.45, 2.75) is 53.4 Å². The molecule has 0 heterocycles. The summed E-state index contributed by atoms with van der Waals surface area (Å²) < 4.78 is 0. The van der Waals surface area contributed by atoms with Gasteiger partial charge in [0.1, 0.15) is 5.75 Å². The predicted molar refractivity (Wildman–Crippen MR) is 70.1 cm³/mol. The van der Waals surface area contributed by atoms with Gasteiger partial charge in [0.25, 0.3) is 0 Å². The SMILES string of the molecule is Cc1c(O)ccc(CC(C)C)c1C(C)(C)C. The highest BCUT2D eigenvalue weighted by molar-refractivity contribution is 5.47. The second kappa shape index (κ2) is 4.48. The van der Waals surface area contributed by atoms with E-state index in [0.29, 0.717) is 11.7 Å². The molecule has 0 unspecified atom stereocenters. The Balaban J connectivity index is 3.33. The number of phenols is 1. The van der Waals surface area contributed by atoms with E-state index in [4.69, 9.17) is 0 Å². The fourth-order valence-electron chi connectivity index (χ4n) is 2.41. The van der Waals surface area contributed by atoms with Gasteiger partial charge in [0.15, 0.2) is 0 Å². The maximum atomic E-state index is 9.82. The molecule has 0 saturated carbocycles. The predicted octanol–water partition coefficient (Wildman–Crippen LogP) is 4.20. The van der Waals surface area contributed by atoms with E-state index in [9.17, 15) is 5.11 Å². The lowest BCUT2D eigenvalue weighted by Crippen LogP contribution is -2.17. The van der Waals surface area contributed by atoms with Gasteiger partial charge in [-0.05, 0) is 47.4 Å². The molecule has 0 amide bonds. The first-order valence-electron chi connectivity index (χ1n) is 6.05. The highest BCUT2D eigenvalue weighted by atomic mass is 16.3. The van der Waals surface area contributed by atoms with Crippen LogP contribution in [0.4, 0.5) is 0 Å². The summed E-state index contributed by atoms with van der Waals surface area (Å²) in [6.07, 6.45) is 1.08. The molecule has 0 atom stereocenters. The van der Waals surface area contributed by atoms with Crippen LogP contribution in [0.5, 0.6) is 5.75 Å². The van der Waals surface area contributed by atoms with Gasteiger partial charge in [-0.1, -0.05) is 40.7 Å². The third kappa shape index (κ3) is 2.78. The average Bonchev–Trinajstić information content (AvgIpc) is 2.08. The van der Waals surface area contributed by atoms with Gasteiger partial charge in [0.05, 0.1) is 0 Å². The smallest absolute Gasteiger partial charge is 0.118 e. The van der Waals surface area contributed by atoms with Gasteiger partial charge in [0.2, 0.25) is 0 Å². The van der Waals surface area contributed by atoms with E-state index in [1.54, 1.807) is 0 Å². The van der Waals surface area contributed by atoms with Crippen molar-refractivity contribution in [1.29, 1.82) is 0 Å². The van der Waals surface area contributed by atoms with Gasteiger partial charge in [-0.2, -0.15) is 0 Å². The largest absolute Gasteiger partial charge is 0.508 e. The molecule has 0 aromatic heterocycles. The molecule has 1 nitrogen and oxygen atoms in total. The van der Waals surface area contributed by atoms with E-state index < -0.39 is 0 Å². The molecule has 1 rings (SSSR count). The minimum Gasteiger partial charge on any atom is -0.508 e. The lowest BCUT2D eigenvalue weighted by Gasteiger charge is -2.26. The van der Waals surface area contributed by atoms with Crippen LogP contribution >= 0.6 is 0 Å². The Morgan fingerprint density at radius 3 is 2.19 bits per heavy atom. The maximum absolute atomic E-state index is 9.82.